The van der Waals surface area contributed by atoms with Gasteiger partial charge in [0, 0.05) is 10.5 Å². The summed E-state index contributed by atoms with van der Waals surface area (Å²) in [7, 11) is 0. The van der Waals surface area contributed by atoms with Crippen molar-refractivity contribution in [1.82, 2.24) is 0 Å². The van der Waals surface area contributed by atoms with Crippen molar-refractivity contribution >= 4 is 17.5 Å². The van der Waals surface area contributed by atoms with Crippen LogP contribution in [0.15, 0.2) is 53.4 Å². The van der Waals surface area contributed by atoms with E-state index in [9.17, 15) is 4.79 Å². The maximum absolute atomic E-state index is 12.1. The maximum Gasteiger partial charge on any atom is 0.173 e. The molecule has 0 aliphatic heterocycles. The van der Waals surface area contributed by atoms with Crippen LogP contribution in [0.5, 0.6) is 0 Å². The summed E-state index contributed by atoms with van der Waals surface area (Å²) >= 11 is 1.60. The van der Waals surface area contributed by atoms with Crippen LogP contribution in [0.3, 0.4) is 0 Å². The molecule has 0 atom stereocenters. The second-order valence-electron chi connectivity index (χ2n) is 5.30. The first-order chi connectivity index (χ1) is 9.56. The molecule has 0 radical (unpaired) electrons. The third-order valence-corrected chi connectivity index (χ3v) is 4.30. The number of benzene rings is 2. The van der Waals surface area contributed by atoms with Gasteiger partial charge in [0.1, 0.15) is 0 Å². The van der Waals surface area contributed by atoms with E-state index in [4.69, 9.17) is 0 Å². The second kappa shape index (κ2) is 6.76. The highest BCUT2D eigenvalue weighted by Gasteiger charge is 2.06. The Morgan fingerprint density at radius 3 is 2.15 bits per heavy atom. The molecule has 0 aliphatic rings. The fraction of sp³-hybridized carbons (Fsp3) is 0.278. The lowest BCUT2D eigenvalue weighted by Crippen LogP contribution is -2.02. The molecule has 0 fully saturated rings. The Labute approximate surface area is 125 Å². The first-order valence-corrected chi connectivity index (χ1v) is 7.87. The summed E-state index contributed by atoms with van der Waals surface area (Å²) < 4.78 is 0. The van der Waals surface area contributed by atoms with Crippen molar-refractivity contribution in [3.63, 3.8) is 0 Å². The zero-order valence-electron chi connectivity index (χ0n) is 12.2. The van der Waals surface area contributed by atoms with Crippen LogP contribution in [0.4, 0.5) is 0 Å². The Hall–Kier alpha value is -1.54. The maximum atomic E-state index is 12.1. The van der Waals surface area contributed by atoms with Crippen LogP contribution in [-0.2, 0) is 0 Å². The molecule has 2 heteroatoms. The molecule has 0 aliphatic carbocycles. The lowest BCUT2D eigenvalue weighted by Gasteiger charge is -2.06. The van der Waals surface area contributed by atoms with Gasteiger partial charge in [0.2, 0.25) is 0 Å². The van der Waals surface area contributed by atoms with E-state index < -0.39 is 0 Å². The molecule has 0 N–H and O–H groups in total. The van der Waals surface area contributed by atoms with E-state index >= 15 is 0 Å². The van der Waals surface area contributed by atoms with Gasteiger partial charge in [0.05, 0.1) is 5.75 Å². The topological polar surface area (TPSA) is 17.1 Å². The lowest BCUT2D eigenvalue weighted by molar-refractivity contribution is 0.102. The number of hydrogen-bond acceptors (Lipinski definition) is 2. The average Bonchev–Trinajstić information content (AvgIpc) is 2.46. The van der Waals surface area contributed by atoms with Gasteiger partial charge in [-0.1, -0.05) is 55.8 Å². The van der Waals surface area contributed by atoms with Crippen molar-refractivity contribution in [2.75, 3.05) is 5.75 Å². The SMILES string of the molecule is Cc1ccc(C(=O)CSc2ccc(C(C)C)cc2)cc1. The Bertz CT molecular complexity index is 567. The number of Topliss-reactive ketones (excluding diaryl/α,β-unsaturated/α-hetero) is 1. The molecule has 2 aromatic rings. The van der Waals surface area contributed by atoms with E-state index in [1.165, 1.54) is 11.1 Å². The highest BCUT2D eigenvalue weighted by atomic mass is 32.2. The quantitative estimate of drug-likeness (QED) is 0.561. The first kappa shape index (κ1) is 14.9. The van der Waals surface area contributed by atoms with Crippen LogP contribution < -0.4 is 0 Å². The van der Waals surface area contributed by atoms with Crippen LogP contribution in [-0.4, -0.2) is 11.5 Å². The van der Waals surface area contributed by atoms with Gasteiger partial charge in [-0.05, 0) is 30.5 Å². The van der Waals surface area contributed by atoms with Crippen LogP contribution in [0.25, 0.3) is 0 Å². The Kier molecular flexibility index (Phi) is 5.02. The molecular formula is C18H20OS. The van der Waals surface area contributed by atoms with Gasteiger partial charge in [-0.2, -0.15) is 0 Å². The van der Waals surface area contributed by atoms with Crippen LogP contribution >= 0.6 is 11.8 Å². The van der Waals surface area contributed by atoms with E-state index in [0.717, 1.165) is 10.5 Å². The molecule has 0 amide bonds. The van der Waals surface area contributed by atoms with Crippen molar-refractivity contribution in [3.8, 4) is 0 Å². The highest BCUT2D eigenvalue weighted by molar-refractivity contribution is 8.00. The van der Waals surface area contributed by atoms with Crippen LogP contribution in [0.2, 0.25) is 0 Å². The Balaban J connectivity index is 1.94. The normalized spacial score (nSPS) is 10.8. The average molecular weight is 284 g/mol. The number of thioether (sulfide) groups is 1. The fourth-order valence-corrected chi connectivity index (χ4v) is 2.71. The van der Waals surface area contributed by atoms with Gasteiger partial charge in [-0.15, -0.1) is 11.8 Å². The second-order valence-corrected chi connectivity index (χ2v) is 6.35. The predicted octanol–water partition coefficient (Wildman–Crippen LogP) is 5.09. The molecule has 104 valence electrons. The van der Waals surface area contributed by atoms with Gasteiger partial charge in [-0.3, -0.25) is 4.79 Å². The van der Waals surface area contributed by atoms with Gasteiger partial charge < -0.3 is 0 Å². The minimum atomic E-state index is 0.183. The fourth-order valence-electron chi connectivity index (χ4n) is 1.92. The van der Waals surface area contributed by atoms with Gasteiger partial charge in [0.15, 0.2) is 5.78 Å². The third kappa shape index (κ3) is 3.97. The summed E-state index contributed by atoms with van der Waals surface area (Å²) in [5.41, 5.74) is 3.31. The van der Waals surface area contributed by atoms with E-state index in [-0.39, 0.29) is 5.78 Å². The molecular weight excluding hydrogens is 264 g/mol. The first-order valence-electron chi connectivity index (χ1n) is 6.89. The van der Waals surface area contributed by atoms with E-state index in [0.29, 0.717) is 11.7 Å². The molecule has 0 bridgehead atoms. The van der Waals surface area contributed by atoms with Crippen molar-refractivity contribution in [3.05, 3.63) is 65.2 Å². The van der Waals surface area contributed by atoms with Crippen molar-refractivity contribution in [2.45, 2.75) is 31.6 Å². The molecule has 0 saturated heterocycles. The number of carbonyl (C=O) groups is 1. The molecule has 0 unspecified atom stereocenters. The number of rotatable bonds is 5. The Morgan fingerprint density at radius 2 is 1.60 bits per heavy atom. The summed E-state index contributed by atoms with van der Waals surface area (Å²) in [5.74, 6) is 1.22. The molecule has 2 rings (SSSR count). The summed E-state index contributed by atoms with van der Waals surface area (Å²) in [6.07, 6.45) is 0. The number of carbonyl (C=O) groups excluding carboxylic acids is 1. The van der Waals surface area contributed by atoms with Crippen molar-refractivity contribution in [1.29, 1.82) is 0 Å². The largest absolute Gasteiger partial charge is 0.293 e. The van der Waals surface area contributed by atoms with E-state index in [2.05, 4.69) is 38.1 Å². The lowest BCUT2D eigenvalue weighted by atomic mass is 10.0. The number of aryl methyl sites for hydroxylation is 1. The molecule has 2 aromatic carbocycles. The van der Waals surface area contributed by atoms with Crippen LogP contribution in [0, 0.1) is 6.92 Å². The summed E-state index contributed by atoms with van der Waals surface area (Å²) in [6, 6.07) is 16.3. The highest BCUT2D eigenvalue weighted by Crippen LogP contribution is 2.22. The zero-order chi connectivity index (χ0) is 14.5. The van der Waals surface area contributed by atoms with Gasteiger partial charge in [0.25, 0.3) is 0 Å². The van der Waals surface area contributed by atoms with E-state index in [1.807, 2.05) is 31.2 Å². The monoisotopic (exact) mass is 284 g/mol. The molecule has 20 heavy (non-hydrogen) atoms. The summed E-state index contributed by atoms with van der Waals surface area (Å²) in [6.45, 7) is 6.39. The summed E-state index contributed by atoms with van der Waals surface area (Å²) in [4.78, 5) is 13.2. The zero-order valence-corrected chi connectivity index (χ0v) is 13.0. The van der Waals surface area contributed by atoms with Gasteiger partial charge in [-0.25, -0.2) is 0 Å². The van der Waals surface area contributed by atoms with Crippen molar-refractivity contribution in [2.24, 2.45) is 0 Å². The molecule has 0 heterocycles. The van der Waals surface area contributed by atoms with Crippen molar-refractivity contribution < 1.29 is 4.79 Å². The third-order valence-electron chi connectivity index (χ3n) is 3.29. The molecule has 0 saturated carbocycles. The molecule has 0 aromatic heterocycles. The standard InChI is InChI=1S/C18H20OS/c1-13(2)15-8-10-17(11-9-15)20-12-18(19)16-6-4-14(3)5-7-16/h4-11,13H,12H2,1-3H3. The van der Waals surface area contributed by atoms with Gasteiger partial charge >= 0.3 is 0 Å². The predicted molar refractivity (Wildman–Crippen MR) is 86.8 cm³/mol. The minimum absolute atomic E-state index is 0.183. The number of ketones is 1. The van der Waals surface area contributed by atoms with Crippen LogP contribution in [0.1, 0.15) is 41.3 Å². The smallest absolute Gasteiger partial charge is 0.173 e. The molecule has 0 spiro atoms. The molecule has 1 nitrogen and oxygen atoms in total. The number of hydrogen-bond donors (Lipinski definition) is 0. The van der Waals surface area contributed by atoms with E-state index in [1.54, 1.807) is 11.8 Å². The minimum Gasteiger partial charge on any atom is -0.293 e. The summed E-state index contributed by atoms with van der Waals surface area (Å²) in [5, 5.41) is 0. The Morgan fingerprint density at radius 1 is 1.00 bits per heavy atom.